The van der Waals surface area contributed by atoms with E-state index in [1.54, 1.807) is 7.11 Å². The van der Waals surface area contributed by atoms with Crippen molar-refractivity contribution in [1.82, 2.24) is 0 Å². The molecule has 0 spiro atoms. The third-order valence-electron chi connectivity index (χ3n) is 3.91. The lowest BCUT2D eigenvalue weighted by molar-refractivity contribution is 0.174. The molecule has 2 aromatic carbocycles. The summed E-state index contributed by atoms with van der Waals surface area (Å²) in [5.41, 5.74) is 2.58. The number of hydrogen-bond acceptors (Lipinski definition) is 4. The summed E-state index contributed by atoms with van der Waals surface area (Å²) >= 11 is 0. The molecule has 0 aliphatic carbocycles. The molecule has 0 amide bonds. The van der Waals surface area contributed by atoms with Gasteiger partial charge in [0.15, 0.2) is 11.5 Å². The van der Waals surface area contributed by atoms with E-state index in [2.05, 4.69) is 49.9 Å². The largest absolute Gasteiger partial charge is 0.497 e. The molecule has 0 atom stereocenters. The normalized spacial score (nSPS) is 13.0. The van der Waals surface area contributed by atoms with Gasteiger partial charge >= 0.3 is 0 Å². The third-order valence-corrected chi connectivity index (χ3v) is 3.91. The molecule has 0 aromatic heterocycles. The predicted molar refractivity (Wildman–Crippen MR) is 96.1 cm³/mol. The maximum absolute atomic E-state index is 5.50. The quantitative estimate of drug-likeness (QED) is 0.810. The van der Waals surface area contributed by atoms with Gasteiger partial charge in [-0.25, -0.2) is 0 Å². The van der Waals surface area contributed by atoms with E-state index in [0.717, 1.165) is 30.3 Å². The van der Waals surface area contributed by atoms with Gasteiger partial charge in [0.2, 0.25) is 6.79 Å². The van der Waals surface area contributed by atoms with Gasteiger partial charge in [-0.1, -0.05) is 26.8 Å². The molecule has 24 heavy (non-hydrogen) atoms. The van der Waals surface area contributed by atoms with Crippen molar-refractivity contribution in [2.75, 3.05) is 25.3 Å². The summed E-state index contributed by atoms with van der Waals surface area (Å²) in [6, 6.07) is 14.4. The SMILES string of the molecule is COc1ccc(N(Cc2ccc3c(c2)OCO3)CC(C)(C)C)cc1. The zero-order valence-electron chi connectivity index (χ0n) is 14.8. The fourth-order valence-electron chi connectivity index (χ4n) is 2.86. The van der Waals surface area contributed by atoms with Crippen molar-refractivity contribution < 1.29 is 14.2 Å². The van der Waals surface area contributed by atoms with Crippen molar-refractivity contribution in [1.29, 1.82) is 0 Å². The second-order valence-corrected chi connectivity index (χ2v) is 7.30. The number of anilines is 1. The lowest BCUT2D eigenvalue weighted by Gasteiger charge is -2.32. The molecule has 0 unspecified atom stereocenters. The van der Waals surface area contributed by atoms with Crippen molar-refractivity contribution in [2.24, 2.45) is 5.41 Å². The summed E-state index contributed by atoms with van der Waals surface area (Å²) in [7, 11) is 1.69. The summed E-state index contributed by atoms with van der Waals surface area (Å²) in [5.74, 6) is 2.53. The van der Waals surface area contributed by atoms with Crippen molar-refractivity contribution in [3.63, 3.8) is 0 Å². The van der Waals surface area contributed by atoms with Crippen molar-refractivity contribution in [3.8, 4) is 17.2 Å². The number of fused-ring (bicyclic) bond motifs is 1. The summed E-state index contributed by atoms with van der Waals surface area (Å²) in [6.45, 7) is 8.84. The molecule has 4 nitrogen and oxygen atoms in total. The first-order valence-corrected chi connectivity index (χ1v) is 8.22. The highest BCUT2D eigenvalue weighted by Gasteiger charge is 2.19. The van der Waals surface area contributed by atoms with Crippen molar-refractivity contribution >= 4 is 5.69 Å². The van der Waals surface area contributed by atoms with Crippen LogP contribution in [0.15, 0.2) is 42.5 Å². The maximum Gasteiger partial charge on any atom is 0.231 e. The Hall–Kier alpha value is -2.36. The Labute approximate surface area is 144 Å². The Balaban J connectivity index is 1.84. The van der Waals surface area contributed by atoms with E-state index in [1.807, 2.05) is 18.2 Å². The fraction of sp³-hybridized carbons (Fsp3) is 0.400. The number of rotatable bonds is 5. The summed E-state index contributed by atoms with van der Waals surface area (Å²) < 4.78 is 16.2. The maximum atomic E-state index is 5.50. The van der Waals surface area contributed by atoms with Crippen LogP contribution in [0, 0.1) is 5.41 Å². The van der Waals surface area contributed by atoms with Crippen molar-refractivity contribution in [2.45, 2.75) is 27.3 Å². The molecular formula is C20H25NO3. The summed E-state index contributed by atoms with van der Waals surface area (Å²) in [6.07, 6.45) is 0. The second kappa shape index (κ2) is 6.63. The summed E-state index contributed by atoms with van der Waals surface area (Å²) in [4.78, 5) is 2.39. The lowest BCUT2D eigenvalue weighted by atomic mass is 9.95. The van der Waals surface area contributed by atoms with E-state index in [9.17, 15) is 0 Å². The minimum atomic E-state index is 0.191. The van der Waals surface area contributed by atoms with Gasteiger partial charge in [-0.3, -0.25) is 0 Å². The first kappa shape index (κ1) is 16.5. The molecule has 1 aliphatic rings. The average Bonchev–Trinajstić information content (AvgIpc) is 3.01. The molecule has 0 saturated carbocycles. The molecule has 3 rings (SSSR count). The lowest BCUT2D eigenvalue weighted by Crippen LogP contribution is -2.32. The molecule has 0 bridgehead atoms. The molecule has 0 fully saturated rings. The molecule has 0 radical (unpaired) electrons. The van der Waals surface area contributed by atoms with Gasteiger partial charge in [0.05, 0.1) is 7.11 Å². The van der Waals surface area contributed by atoms with Gasteiger partial charge in [-0.2, -0.15) is 0 Å². The molecule has 0 N–H and O–H groups in total. The fourth-order valence-corrected chi connectivity index (χ4v) is 2.86. The second-order valence-electron chi connectivity index (χ2n) is 7.30. The van der Waals surface area contributed by atoms with E-state index < -0.39 is 0 Å². The monoisotopic (exact) mass is 327 g/mol. The highest BCUT2D eigenvalue weighted by molar-refractivity contribution is 5.51. The molecular weight excluding hydrogens is 302 g/mol. The minimum Gasteiger partial charge on any atom is -0.497 e. The smallest absolute Gasteiger partial charge is 0.231 e. The molecule has 4 heteroatoms. The van der Waals surface area contributed by atoms with E-state index in [-0.39, 0.29) is 5.41 Å². The van der Waals surface area contributed by atoms with E-state index in [1.165, 1.54) is 11.3 Å². The van der Waals surface area contributed by atoms with Gasteiger partial charge in [0.1, 0.15) is 5.75 Å². The number of ether oxygens (including phenoxy) is 3. The van der Waals surface area contributed by atoms with Gasteiger partial charge in [0.25, 0.3) is 0 Å². The Morgan fingerprint density at radius 1 is 1.00 bits per heavy atom. The van der Waals surface area contributed by atoms with Crippen LogP contribution in [0.25, 0.3) is 0 Å². The number of benzene rings is 2. The first-order chi connectivity index (χ1) is 11.4. The zero-order valence-corrected chi connectivity index (χ0v) is 14.8. The average molecular weight is 327 g/mol. The molecule has 1 aliphatic heterocycles. The van der Waals surface area contributed by atoms with Gasteiger partial charge in [-0.05, 0) is 47.4 Å². The highest BCUT2D eigenvalue weighted by Crippen LogP contribution is 2.34. The summed E-state index contributed by atoms with van der Waals surface area (Å²) in [5, 5.41) is 0. The number of hydrogen-bond donors (Lipinski definition) is 0. The molecule has 128 valence electrons. The van der Waals surface area contributed by atoms with Crippen LogP contribution in [-0.4, -0.2) is 20.4 Å². The predicted octanol–water partition coefficient (Wildman–Crippen LogP) is 4.48. The number of methoxy groups -OCH3 is 1. The molecule has 1 heterocycles. The van der Waals surface area contributed by atoms with Crippen LogP contribution in [0.3, 0.4) is 0 Å². The first-order valence-electron chi connectivity index (χ1n) is 8.22. The van der Waals surface area contributed by atoms with Crippen LogP contribution in [0.5, 0.6) is 17.2 Å². The van der Waals surface area contributed by atoms with Crippen molar-refractivity contribution in [3.05, 3.63) is 48.0 Å². The minimum absolute atomic E-state index is 0.191. The topological polar surface area (TPSA) is 30.9 Å². The van der Waals surface area contributed by atoms with Gasteiger partial charge < -0.3 is 19.1 Å². The van der Waals surface area contributed by atoms with Crippen LogP contribution in [0.2, 0.25) is 0 Å². The van der Waals surface area contributed by atoms with E-state index in [0.29, 0.717) is 6.79 Å². The molecule has 0 saturated heterocycles. The Kier molecular flexibility index (Phi) is 4.56. The van der Waals surface area contributed by atoms with Crippen LogP contribution in [0.1, 0.15) is 26.3 Å². The Morgan fingerprint density at radius 3 is 2.38 bits per heavy atom. The zero-order chi connectivity index (χ0) is 17.2. The van der Waals surface area contributed by atoms with E-state index >= 15 is 0 Å². The standard InChI is InChI=1S/C20H25NO3/c1-20(2,3)13-21(16-6-8-17(22-4)9-7-16)12-15-5-10-18-19(11-15)24-14-23-18/h5-11H,12-14H2,1-4H3. The Bertz CT molecular complexity index is 689. The molecule has 2 aromatic rings. The Morgan fingerprint density at radius 2 is 1.71 bits per heavy atom. The number of nitrogens with zero attached hydrogens (tertiary/aromatic N) is 1. The van der Waals surface area contributed by atoms with Gasteiger partial charge in [-0.15, -0.1) is 0 Å². The highest BCUT2D eigenvalue weighted by atomic mass is 16.7. The van der Waals surface area contributed by atoms with E-state index in [4.69, 9.17) is 14.2 Å². The van der Waals surface area contributed by atoms with Gasteiger partial charge in [0, 0.05) is 18.8 Å². The van der Waals surface area contributed by atoms with Crippen LogP contribution in [0.4, 0.5) is 5.69 Å². The van der Waals surface area contributed by atoms with Crippen LogP contribution in [-0.2, 0) is 6.54 Å². The third kappa shape index (κ3) is 3.94. The van der Waals surface area contributed by atoms with Crippen LogP contribution >= 0.6 is 0 Å². The van der Waals surface area contributed by atoms with Crippen LogP contribution < -0.4 is 19.1 Å².